The highest BCUT2D eigenvalue weighted by atomic mass is 16.3. The van der Waals surface area contributed by atoms with Gasteiger partial charge in [0.2, 0.25) is 0 Å². The van der Waals surface area contributed by atoms with Crippen LogP contribution in [0.4, 0.5) is 0 Å². The van der Waals surface area contributed by atoms with Crippen molar-refractivity contribution < 1.29 is 10.2 Å². The second-order valence-corrected chi connectivity index (χ2v) is 4.98. The summed E-state index contributed by atoms with van der Waals surface area (Å²) >= 11 is 0. The van der Waals surface area contributed by atoms with Crippen LogP contribution in [0.5, 0.6) is 5.75 Å². The summed E-state index contributed by atoms with van der Waals surface area (Å²) in [6.45, 7) is 0.789. The molecule has 2 rings (SSSR count). The van der Waals surface area contributed by atoms with Gasteiger partial charge >= 0.3 is 0 Å². The molecule has 1 atom stereocenters. The molecule has 0 aliphatic carbocycles. The van der Waals surface area contributed by atoms with Crippen LogP contribution in [0, 0.1) is 0 Å². The molecule has 0 spiro atoms. The van der Waals surface area contributed by atoms with Crippen LogP contribution in [0.25, 0.3) is 0 Å². The molecule has 0 radical (unpaired) electrons. The van der Waals surface area contributed by atoms with E-state index in [9.17, 15) is 10.2 Å². The molecule has 20 heavy (non-hydrogen) atoms. The van der Waals surface area contributed by atoms with E-state index in [1.165, 1.54) is 5.56 Å². The summed E-state index contributed by atoms with van der Waals surface area (Å²) in [5.41, 5.74) is 2.08. The number of phenols is 1. The number of hydrogen-bond acceptors (Lipinski definition) is 3. The van der Waals surface area contributed by atoms with Gasteiger partial charge in [-0.2, -0.15) is 0 Å². The number of aliphatic hydroxyl groups excluding tert-OH is 1. The Hall–Kier alpha value is -1.84. The molecule has 0 aromatic heterocycles. The zero-order valence-electron chi connectivity index (χ0n) is 11.7. The first-order valence-electron chi connectivity index (χ1n) is 6.85. The average molecular weight is 271 g/mol. The van der Waals surface area contributed by atoms with E-state index in [1.807, 2.05) is 43.4 Å². The normalized spacial score (nSPS) is 12.6. The maximum absolute atomic E-state index is 9.87. The Labute approximate surface area is 120 Å². The van der Waals surface area contributed by atoms with Gasteiger partial charge in [-0.1, -0.05) is 48.5 Å². The van der Waals surface area contributed by atoms with E-state index in [4.69, 9.17) is 0 Å². The lowest BCUT2D eigenvalue weighted by Crippen LogP contribution is -2.25. The molecule has 0 amide bonds. The lowest BCUT2D eigenvalue weighted by molar-refractivity contribution is 0.179. The molecule has 2 aromatic rings. The fourth-order valence-corrected chi connectivity index (χ4v) is 2.46. The molecule has 2 aromatic carbocycles. The smallest absolute Gasteiger partial charge is 0.120 e. The van der Waals surface area contributed by atoms with E-state index in [2.05, 4.69) is 17.0 Å². The molecule has 0 aliphatic rings. The highest BCUT2D eigenvalue weighted by Gasteiger charge is 2.17. The van der Waals surface area contributed by atoms with Crippen molar-refractivity contribution in [2.24, 2.45) is 0 Å². The van der Waals surface area contributed by atoms with Crippen LogP contribution in [0.3, 0.4) is 0 Å². The standard InChI is InChI=1S/C17H21NO2/c1-18(13-15-9-5-6-10-17(15)20)16(11-12-19)14-7-3-2-4-8-14/h2-10,16,19-20H,11-13H2,1H3. The number of para-hydroxylation sites is 1. The van der Waals surface area contributed by atoms with Crippen molar-refractivity contribution in [2.75, 3.05) is 13.7 Å². The maximum Gasteiger partial charge on any atom is 0.120 e. The Bertz CT molecular complexity index is 528. The van der Waals surface area contributed by atoms with Crippen molar-refractivity contribution in [3.05, 3.63) is 65.7 Å². The van der Waals surface area contributed by atoms with Gasteiger partial charge in [0.1, 0.15) is 5.75 Å². The molecule has 1 unspecified atom stereocenters. The summed E-state index contributed by atoms with van der Waals surface area (Å²) in [7, 11) is 2.01. The van der Waals surface area contributed by atoms with Gasteiger partial charge in [0.25, 0.3) is 0 Å². The van der Waals surface area contributed by atoms with E-state index in [1.54, 1.807) is 6.07 Å². The average Bonchev–Trinajstić information content (AvgIpc) is 2.48. The predicted molar refractivity (Wildman–Crippen MR) is 80.5 cm³/mol. The third kappa shape index (κ3) is 3.59. The van der Waals surface area contributed by atoms with Crippen molar-refractivity contribution in [3.63, 3.8) is 0 Å². The Balaban J connectivity index is 2.16. The minimum atomic E-state index is 0.140. The number of nitrogens with zero attached hydrogens (tertiary/aromatic N) is 1. The van der Waals surface area contributed by atoms with E-state index < -0.39 is 0 Å². The lowest BCUT2D eigenvalue weighted by atomic mass is 10.0. The third-order valence-electron chi connectivity index (χ3n) is 3.53. The molecule has 0 fully saturated rings. The van der Waals surface area contributed by atoms with Crippen molar-refractivity contribution in [1.82, 2.24) is 4.90 Å². The Morgan fingerprint density at radius 2 is 1.65 bits per heavy atom. The topological polar surface area (TPSA) is 43.7 Å². The number of phenolic OH excluding ortho intramolecular Hbond substituents is 1. The highest BCUT2D eigenvalue weighted by Crippen LogP contribution is 2.26. The van der Waals surface area contributed by atoms with Gasteiger partial charge in [-0.3, -0.25) is 4.90 Å². The molecule has 3 heteroatoms. The van der Waals surface area contributed by atoms with Crippen LogP contribution in [-0.4, -0.2) is 28.8 Å². The predicted octanol–water partition coefficient (Wildman–Crippen LogP) is 2.95. The second-order valence-electron chi connectivity index (χ2n) is 4.98. The zero-order valence-corrected chi connectivity index (χ0v) is 11.7. The molecule has 0 saturated carbocycles. The van der Waals surface area contributed by atoms with Gasteiger partial charge < -0.3 is 10.2 Å². The van der Waals surface area contributed by atoms with Crippen LogP contribution in [0.15, 0.2) is 54.6 Å². The highest BCUT2D eigenvalue weighted by molar-refractivity contribution is 5.32. The zero-order chi connectivity index (χ0) is 14.4. The Kier molecular flexibility index (Phi) is 5.16. The van der Waals surface area contributed by atoms with Crippen LogP contribution in [0.2, 0.25) is 0 Å². The van der Waals surface area contributed by atoms with E-state index >= 15 is 0 Å². The largest absolute Gasteiger partial charge is 0.508 e. The van der Waals surface area contributed by atoms with Gasteiger partial charge in [-0.25, -0.2) is 0 Å². The summed E-state index contributed by atoms with van der Waals surface area (Å²) in [5.74, 6) is 0.315. The summed E-state index contributed by atoms with van der Waals surface area (Å²) in [5, 5.41) is 19.2. The SMILES string of the molecule is CN(Cc1ccccc1O)C(CCO)c1ccccc1. The minimum absolute atomic E-state index is 0.140. The number of aromatic hydroxyl groups is 1. The van der Waals surface area contributed by atoms with Crippen LogP contribution < -0.4 is 0 Å². The number of hydrogen-bond donors (Lipinski definition) is 2. The summed E-state index contributed by atoms with van der Waals surface area (Å²) in [6, 6.07) is 17.7. The van der Waals surface area contributed by atoms with Crippen molar-refractivity contribution in [2.45, 2.75) is 19.0 Å². The molecule has 0 saturated heterocycles. The molecular formula is C17H21NO2. The first-order chi connectivity index (χ1) is 9.72. The molecule has 0 bridgehead atoms. The van der Waals surface area contributed by atoms with Crippen LogP contribution in [0.1, 0.15) is 23.6 Å². The van der Waals surface area contributed by atoms with Crippen molar-refractivity contribution in [3.8, 4) is 5.75 Å². The first kappa shape index (κ1) is 14.6. The fraction of sp³-hybridized carbons (Fsp3) is 0.294. The van der Waals surface area contributed by atoms with Gasteiger partial charge in [0.15, 0.2) is 0 Å². The van der Waals surface area contributed by atoms with Gasteiger partial charge in [0, 0.05) is 24.8 Å². The van der Waals surface area contributed by atoms with Gasteiger partial charge in [0.05, 0.1) is 0 Å². The van der Waals surface area contributed by atoms with Gasteiger partial charge in [-0.05, 0) is 25.1 Å². The van der Waals surface area contributed by atoms with Crippen LogP contribution >= 0.6 is 0 Å². The molecule has 0 aliphatic heterocycles. The van der Waals surface area contributed by atoms with E-state index in [0.29, 0.717) is 18.7 Å². The molecule has 2 N–H and O–H groups in total. The quantitative estimate of drug-likeness (QED) is 0.849. The first-order valence-corrected chi connectivity index (χ1v) is 6.85. The minimum Gasteiger partial charge on any atom is -0.508 e. The van der Waals surface area contributed by atoms with E-state index in [-0.39, 0.29) is 12.6 Å². The molecule has 0 heterocycles. The number of aliphatic hydroxyl groups is 1. The molecule has 106 valence electrons. The third-order valence-corrected chi connectivity index (χ3v) is 3.53. The van der Waals surface area contributed by atoms with Gasteiger partial charge in [-0.15, -0.1) is 0 Å². The number of rotatable bonds is 6. The Morgan fingerprint density at radius 3 is 2.30 bits per heavy atom. The summed E-state index contributed by atoms with van der Waals surface area (Å²) in [6.07, 6.45) is 0.675. The second kappa shape index (κ2) is 7.08. The number of benzene rings is 2. The van der Waals surface area contributed by atoms with Crippen molar-refractivity contribution >= 4 is 0 Å². The monoisotopic (exact) mass is 271 g/mol. The molecule has 3 nitrogen and oxygen atoms in total. The summed E-state index contributed by atoms with van der Waals surface area (Å²) < 4.78 is 0. The van der Waals surface area contributed by atoms with Crippen LogP contribution in [-0.2, 0) is 6.54 Å². The van der Waals surface area contributed by atoms with Crippen molar-refractivity contribution in [1.29, 1.82) is 0 Å². The lowest BCUT2D eigenvalue weighted by Gasteiger charge is -2.28. The fourth-order valence-electron chi connectivity index (χ4n) is 2.46. The van der Waals surface area contributed by atoms with E-state index in [0.717, 1.165) is 5.56 Å². The molecular weight excluding hydrogens is 250 g/mol. The Morgan fingerprint density at radius 1 is 1.00 bits per heavy atom. The summed E-state index contributed by atoms with van der Waals surface area (Å²) in [4.78, 5) is 2.15. The maximum atomic E-state index is 9.87.